The summed E-state index contributed by atoms with van der Waals surface area (Å²) in [5.41, 5.74) is 0. The second kappa shape index (κ2) is 17.4. The maximum atomic E-state index is 2.33. The van der Waals surface area contributed by atoms with E-state index >= 15 is 0 Å². The maximum absolute atomic E-state index is 2.33. The van der Waals surface area contributed by atoms with E-state index in [1.807, 2.05) is 0 Å². The summed E-state index contributed by atoms with van der Waals surface area (Å²) in [5.74, 6) is 0. The zero-order chi connectivity index (χ0) is 4.71. The summed E-state index contributed by atoms with van der Waals surface area (Å²) in [6.45, 7) is 0. The van der Waals surface area contributed by atoms with Crippen molar-refractivity contribution in [2.45, 2.75) is 9.88 Å². The number of rotatable bonds is 0. The average Bonchev–Trinajstić information content (AvgIpc) is 1.46. The van der Waals surface area contributed by atoms with Crippen LogP contribution in [-0.4, -0.2) is 21.1 Å². The Morgan fingerprint density at radius 2 is 1.20 bits per heavy atom. The third-order valence-corrected chi connectivity index (χ3v) is 0. The van der Waals surface area contributed by atoms with E-state index in [2.05, 4.69) is 27.7 Å². The molecule has 0 aromatic heterocycles. The van der Waals surface area contributed by atoms with Crippen LogP contribution in [0, 0.1) is 0 Å². The van der Waals surface area contributed by atoms with Gasteiger partial charge in [0.25, 0.3) is 0 Å². The Morgan fingerprint density at radius 3 is 1.20 bits per heavy atom. The van der Waals surface area contributed by atoms with Gasteiger partial charge in [-0.1, -0.05) is 0 Å². The monoisotopic (exact) mass is 217 g/mol. The van der Waals surface area contributed by atoms with Gasteiger partial charge in [-0.05, 0) is 0 Å². The van der Waals surface area contributed by atoms with Gasteiger partial charge in [-0.2, -0.15) is 0 Å². The second-order valence-electron chi connectivity index (χ2n) is 0.577. The molecule has 0 saturated carbocycles. The summed E-state index contributed by atoms with van der Waals surface area (Å²) in [4.78, 5) is 4.63. The molecule has 0 nitrogen and oxygen atoms in total. The van der Waals surface area contributed by atoms with Crippen molar-refractivity contribution in [2.24, 2.45) is 0 Å². The molecular formula is C2H11P2Sn. The van der Waals surface area contributed by atoms with Gasteiger partial charge in [-0.15, -0.1) is 17.9 Å². The van der Waals surface area contributed by atoms with Gasteiger partial charge < -0.3 is 0 Å². The molecule has 0 aromatic carbocycles. The van der Waals surface area contributed by atoms with Crippen LogP contribution in [0.4, 0.5) is 0 Å². The first kappa shape index (κ1) is 9.82. The molecule has 1 radical (unpaired) electrons. The van der Waals surface area contributed by atoms with Gasteiger partial charge in [0.1, 0.15) is 0 Å². The van der Waals surface area contributed by atoms with Gasteiger partial charge in [0, 0.05) is 0 Å². The molecule has 5 heavy (non-hydrogen) atoms. The topological polar surface area (TPSA) is 0 Å². The summed E-state index contributed by atoms with van der Waals surface area (Å²) in [5, 5.41) is 0. The first-order valence-electron chi connectivity index (χ1n) is 1.49. The number of hydrogen-bond donors (Lipinski definition) is 0. The fraction of sp³-hybridized carbons (Fsp3) is 1.00. The van der Waals surface area contributed by atoms with Gasteiger partial charge in [0.05, 0.1) is 0 Å². The average molecular weight is 216 g/mol. The summed E-state index contributed by atoms with van der Waals surface area (Å²) < 4.78 is 0. The van der Waals surface area contributed by atoms with E-state index in [9.17, 15) is 0 Å². The summed E-state index contributed by atoms with van der Waals surface area (Å²) in [6, 6.07) is 0. The van der Waals surface area contributed by atoms with E-state index in [0.29, 0.717) is 0 Å². The Bertz CT molecular complexity index is 7.61. The van der Waals surface area contributed by atoms with Crippen molar-refractivity contribution in [1.29, 1.82) is 0 Å². The van der Waals surface area contributed by atoms with Gasteiger partial charge in [-0.3, -0.25) is 0 Å². The summed E-state index contributed by atoms with van der Waals surface area (Å²) >= 11 is 0.110. The predicted molar refractivity (Wildman–Crippen MR) is 38.3 cm³/mol. The van der Waals surface area contributed by atoms with E-state index in [1.54, 1.807) is 0 Å². The second-order valence-corrected chi connectivity index (χ2v) is 3.87. The van der Waals surface area contributed by atoms with Crippen molar-refractivity contribution >= 4 is 39.0 Å². The first-order chi connectivity index (χ1) is 2.41. The van der Waals surface area contributed by atoms with Crippen molar-refractivity contribution in [3.63, 3.8) is 0 Å². The van der Waals surface area contributed by atoms with Crippen LogP contribution in [-0.2, 0) is 0 Å². The zero-order valence-electron chi connectivity index (χ0n) is 3.73. The Morgan fingerprint density at radius 1 is 1.20 bits per heavy atom. The molecule has 0 N–H and O–H groups in total. The minimum absolute atomic E-state index is 0.110. The van der Waals surface area contributed by atoms with Crippen LogP contribution < -0.4 is 0 Å². The molecule has 0 aliphatic rings. The van der Waals surface area contributed by atoms with E-state index in [1.165, 1.54) is 0 Å². The molecular weight excluding hydrogens is 205 g/mol. The molecule has 0 aromatic rings. The van der Waals surface area contributed by atoms with Crippen LogP contribution >= 0.6 is 17.9 Å². The molecule has 33 valence electrons. The van der Waals surface area contributed by atoms with Crippen LogP contribution in [0.3, 0.4) is 0 Å². The molecule has 0 bridgehead atoms. The Kier molecular flexibility index (Phi) is 34.1. The van der Waals surface area contributed by atoms with Crippen LogP contribution in [0.1, 0.15) is 0 Å². The summed E-state index contributed by atoms with van der Waals surface area (Å²) in [6.07, 6.45) is 0. The van der Waals surface area contributed by atoms with Gasteiger partial charge in [-0.25, -0.2) is 0 Å². The van der Waals surface area contributed by atoms with Crippen molar-refractivity contribution in [3.8, 4) is 0 Å². The van der Waals surface area contributed by atoms with Crippen molar-refractivity contribution in [2.75, 3.05) is 0 Å². The third-order valence-electron chi connectivity index (χ3n) is 0. The van der Waals surface area contributed by atoms with Crippen LogP contribution in [0.15, 0.2) is 0 Å². The van der Waals surface area contributed by atoms with Crippen LogP contribution in [0.5, 0.6) is 0 Å². The molecule has 0 heterocycles. The molecule has 0 spiro atoms. The molecule has 2 atom stereocenters. The summed E-state index contributed by atoms with van der Waals surface area (Å²) in [7, 11) is 4.67. The van der Waals surface area contributed by atoms with Crippen LogP contribution in [0.2, 0.25) is 9.88 Å². The van der Waals surface area contributed by atoms with Crippen molar-refractivity contribution in [1.82, 2.24) is 0 Å². The SMILES string of the molecule is PP.[CH3][SnH][CH3]. The molecule has 0 rings (SSSR count). The standard InChI is InChI=1S/2CH3.H4P2.Sn.H/c;;1-2;;/h2*1H3;1-2H2;;. The van der Waals surface area contributed by atoms with Gasteiger partial charge in [0.2, 0.25) is 0 Å². The molecule has 2 unspecified atom stereocenters. The van der Waals surface area contributed by atoms with Gasteiger partial charge >= 0.3 is 31.0 Å². The molecule has 0 saturated heterocycles. The fourth-order valence-corrected chi connectivity index (χ4v) is 0. The minimum atomic E-state index is 0.110. The number of hydrogen-bond acceptors (Lipinski definition) is 0. The predicted octanol–water partition coefficient (Wildman–Crippen LogP) is 1.17. The van der Waals surface area contributed by atoms with E-state index in [-0.39, 0.29) is 21.1 Å². The van der Waals surface area contributed by atoms with E-state index < -0.39 is 0 Å². The molecule has 0 fully saturated rings. The molecule has 0 aliphatic carbocycles. The van der Waals surface area contributed by atoms with Crippen molar-refractivity contribution in [3.05, 3.63) is 0 Å². The van der Waals surface area contributed by atoms with Crippen LogP contribution in [0.25, 0.3) is 0 Å². The Balaban J connectivity index is 0. The quantitative estimate of drug-likeness (QED) is 0.421. The Hall–Kier alpha value is 1.66. The third kappa shape index (κ3) is 27.5. The Labute approximate surface area is 49.0 Å². The first-order valence-corrected chi connectivity index (χ1v) is 10.7. The van der Waals surface area contributed by atoms with E-state index in [4.69, 9.17) is 0 Å². The fourth-order valence-electron chi connectivity index (χ4n) is 0. The molecule has 0 aliphatic heterocycles. The zero-order valence-corrected chi connectivity index (χ0v) is 9.34. The van der Waals surface area contributed by atoms with E-state index in [0.717, 1.165) is 0 Å². The molecule has 0 amide bonds. The van der Waals surface area contributed by atoms with Gasteiger partial charge in [0.15, 0.2) is 0 Å². The normalized spacial score (nSPS) is 4.80. The van der Waals surface area contributed by atoms with Crippen molar-refractivity contribution < 1.29 is 0 Å². The molecule has 3 heteroatoms.